The molecule has 2 N–H and O–H groups in total. The van der Waals surface area contributed by atoms with Crippen molar-refractivity contribution in [1.82, 2.24) is 0 Å². The van der Waals surface area contributed by atoms with Crippen LogP contribution in [0.15, 0.2) is 0 Å². The molecule has 0 aliphatic rings. The number of thioether (sulfide) groups is 1. The Labute approximate surface area is 67.5 Å². The van der Waals surface area contributed by atoms with E-state index in [4.69, 9.17) is 5.90 Å². The van der Waals surface area contributed by atoms with Gasteiger partial charge in [-0.15, -0.1) is 0 Å². The summed E-state index contributed by atoms with van der Waals surface area (Å²) in [6.45, 7) is 4.97. The van der Waals surface area contributed by atoms with Gasteiger partial charge >= 0.3 is 0 Å². The molecule has 0 amide bonds. The Bertz CT molecular complexity index is 85.7. The van der Waals surface area contributed by atoms with E-state index in [1.54, 1.807) is 0 Å². The second-order valence-corrected chi connectivity index (χ2v) is 4.20. The summed E-state index contributed by atoms with van der Waals surface area (Å²) in [6.07, 6.45) is 3.27. The highest BCUT2D eigenvalue weighted by atomic mass is 32.2. The summed E-state index contributed by atoms with van der Waals surface area (Å²) in [7, 11) is 0. The molecule has 0 aliphatic heterocycles. The molecule has 0 spiro atoms. The molecular weight excluding hydrogens is 146 g/mol. The molecule has 0 fully saturated rings. The molecule has 10 heavy (non-hydrogen) atoms. The Morgan fingerprint density at radius 3 is 2.50 bits per heavy atom. The number of nitrogens with two attached hydrogens (primary N) is 1. The normalized spacial score (nSPS) is 12.0. The Kier molecular flexibility index (Phi) is 5.13. The fraction of sp³-hybridized carbons (Fsp3) is 1.00. The van der Waals surface area contributed by atoms with Crippen LogP contribution in [0.2, 0.25) is 0 Å². The van der Waals surface area contributed by atoms with E-state index in [9.17, 15) is 0 Å². The van der Waals surface area contributed by atoms with Crippen LogP contribution in [0.4, 0.5) is 0 Å². The molecule has 0 saturated carbocycles. The molecule has 0 radical (unpaired) electrons. The van der Waals surface area contributed by atoms with Crippen molar-refractivity contribution < 1.29 is 4.84 Å². The molecule has 0 rings (SSSR count). The summed E-state index contributed by atoms with van der Waals surface area (Å²) >= 11 is 1.86. The standard InChI is InChI=1S/C7H17NOS/c1-7(2,6-9-8)4-5-10-3/h4-6,8H2,1-3H3. The fourth-order valence-corrected chi connectivity index (χ4v) is 1.43. The summed E-state index contributed by atoms with van der Waals surface area (Å²) in [4.78, 5) is 4.59. The summed E-state index contributed by atoms with van der Waals surface area (Å²) < 4.78 is 0. The van der Waals surface area contributed by atoms with Crippen molar-refractivity contribution in [3.63, 3.8) is 0 Å². The first kappa shape index (κ1) is 10.3. The minimum Gasteiger partial charge on any atom is -0.304 e. The van der Waals surface area contributed by atoms with Crippen LogP contribution in [0, 0.1) is 5.41 Å². The first-order valence-corrected chi connectivity index (χ1v) is 4.82. The van der Waals surface area contributed by atoms with Crippen molar-refractivity contribution >= 4 is 11.8 Å². The number of hydrogen-bond donors (Lipinski definition) is 1. The molecule has 0 atom stereocenters. The van der Waals surface area contributed by atoms with Gasteiger partial charge in [0.25, 0.3) is 0 Å². The summed E-state index contributed by atoms with van der Waals surface area (Å²) in [5.41, 5.74) is 0.234. The van der Waals surface area contributed by atoms with Crippen LogP contribution in [-0.2, 0) is 4.84 Å². The predicted octanol–water partition coefficient (Wildman–Crippen LogP) is 1.66. The van der Waals surface area contributed by atoms with Crippen molar-refractivity contribution in [2.75, 3.05) is 18.6 Å². The van der Waals surface area contributed by atoms with Gasteiger partial charge < -0.3 is 4.84 Å². The molecule has 0 saturated heterocycles. The lowest BCUT2D eigenvalue weighted by atomic mass is 9.92. The first-order valence-electron chi connectivity index (χ1n) is 3.43. The third-order valence-electron chi connectivity index (χ3n) is 1.46. The zero-order valence-electron chi connectivity index (χ0n) is 7.02. The maximum absolute atomic E-state index is 4.98. The zero-order chi connectivity index (χ0) is 8.04. The van der Waals surface area contributed by atoms with Crippen LogP contribution < -0.4 is 5.90 Å². The van der Waals surface area contributed by atoms with Crippen LogP contribution in [0.1, 0.15) is 20.3 Å². The van der Waals surface area contributed by atoms with Gasteiger partial charge in [0, 0.05) is 0 Å². The Hall–Kier alpha value is 0.270. The zero-order valence-corrected chi connectivity index (χ0v) is 7.83. The van der Waals surface area contributed by atoms with Gasteiger partial charge in [-0.05, 0) is 23.8 Å². The van der Waals surface area contributed by atoms with Crippen LogP contribution >= 0.6 is 11.8 Å². The van der Waals surface area contributed by atoms with E-state index in [1.165, 1.54) is 5.75 Å². The average Bonchev–Trinajstić information content (AvgIpc) is 1.84. The largest absolute Gasteiger partial charge is 0.304 e. The molecular formula is C7H17NOS. The second kappa shape index (κ2) is 4.99. The van der Waals surface area contributed by atoms with Gasteiger partial charge in [0.1, 0.15) is 0 Å². The SMILES string of the molecule is CSCCC(C)(C)CON. The van der Waals surface area contributed by atoms with Crippen molar-refractivity contribution in [3.8, 4) is 0 Å². The van der Waals surface area contributed by atoms with E-state index >= 15 is 0 Å². The highest BCUT2D eigenvalue weighted by Gasteiger charge is 2.16. The molecule has 0 aromatic carbocycles. The van der Waals surface area contributed by atoms with Crippen LogP contribution in [0.25, 0.3) is 0 Å². The van der Waals surface area contributed by atoms with Gasteiger partial charge in [-0.2, -0.15) is 11.8 Å². The fourth-order valence-electron chi connectivity index (χ4n) is 0.676. The molecule has 0 aliphatic carbocycles. The van der Waals surface area contributed by atoms with E-state index in [1.807, 2.05) is 11.8 Å². The lowest BCUT2D eigenvalue weighted by Gasteiger charge is -2.21. The van der Waals surface area contributed by atoms with Gasteiger partial charge in [-0.3, -0.25) is 0 Å². The van der Waals surface area contributed by atoms with Crippen molar-refractivity contribution in [3.05, 3.63) is 0 Å². The van der Waals surface area contributed by atoms with Gasteiger partial charge in [-0.25, -0.2) is 5.90 Å². The smallest absolute Gasteiger partial charge is 0.0730 e. The van der Waals surface area contributed by atoms with Crippen molar-refractivity contribution in [2.45, 2.75) is 20.3 Å². The molecule has 2 nitrogen and oxygen atoms in total. The summed E-state index contributed by atoms with van der Waals surface area (Å²) in [5.74, 6) is 6.16. The maximum atomic E-state index is 4.98. The Morgan fingerprint density at radius 2 is 2.10 bits per heavy atom. The Morgan fingerprint density at radius 1 is 1.50 bits per heavy atom. The first-order chi connectivity index (χ1) is 4.62. The lowest BCUT2D eigenvalue weighted by Crippen LogP contribution is -2.22. The molecule has 62 valence electrons. The van der Waals surface area contributed by atoms with Gasteiger partial charge in [0.05, 0.1) is 6.61 Å². The maximum Gasteiger partial charge on any atom is 0.0730 e. The number of rotatable bonds is 5. The lowest BCUT2D eigenvalue weighted by molar-refractivity contribution is 0.0614. The van der Waals surface area contributed by atoms with E-state index in [0.717, 1.165) is 6.42 Å². The van der Waals surface area contributed by atoms with Gasteiger partial charge in [0.2, 0.25) is 0 Å². The van der Waals surface area contributed by atoms with E-state index in [0.29, 0.717) is 6.61 Å². The summed E-state index contributed by atoms with van der Waals surface area (Å²) in [6, 6.07) is 0. The number of hydrogen-bond acceptors (Lipinski definition) is 3. The molecule has 0 heterocycles. The third kappa shape index (κ3) is 5.09. The highest BCUT2D eigenvalue weighted by molar-refractivity contribution is 7.98. The van der Waals surface area contributed by atoms with E-state index in [-0.39, 0.29) is 5.41 Å². The van der Waals surface area contributed by atoms with Crippen LogP contribution in [0.3, 0.4) is 0 Å². The minimum atomic E-state index is 0.234. The minimum absolute atomic E-state index is 0.234. The molecule has 0 unspecified atom stereocenters. The second-order valence-electron chi connectivity index (χ2n) is 3.22. The van der Waals surface area contributed by atoms with Crippen molar-refractivity contribution in [2.24, 2.45) is 11.3 Å². The van der Waals surface area contributed by atoms with Crippen molar-refractivity contribution in [1.29, 1.82) is 0 Å². The molecule has 0 aromatic heterocycles. The van der Waals surface area contributed by atoms with E-state index < -0.39 is 0 Å². The highest BCUT2D eigenvalue weighted by Crippen LogP contribution is 2.21. The third-order valence-corrected chi connectivity index (χ3v) is 2.07. The molecule has 0 aromatic rings. The summed E-state index contributed by atoms with van der Waals surface area (Å²) in [5, 5.41) is 0. The van der Waals surface area contributed by atoms with Gasteiger partial charge in [0.15, 0.2) is 0 Å². The van der Waals surface area contributed by atoms with E-state index in [2.05, 4.69) is 24.9 Å². The topological polar surface area (TPSA) is 35.2 Å². The predicted molar refractivity (Wildman–Crippen MR) is 46.9 cm³/mol. The molecule has 0 bridgehead atoms. The van der Waals surface area contributed by atoms with Gasteiger partial charge in [-0.1, -0.05) is 13.8 Å². The van der Waals surface area contributed by atoms with Crippen LogP contribution in [0.5, 0.6) is 0 Å². The average molecular weight is 163 g/mol. The Balaban J connectivity index is 3.42. The monoisotopic (exact) mass is 163 g/mol. The molecule has 3 heteroatoms. The van der Waals surface area contributed by atoms with Crippen LogP contribution in [-0.4, -0.2) is 18.6 Å². The quantitative estimate of drug-likeness (QED) is 0.626.